The number of benzene rings is 1. The number of hydrogen-bond donors (Lipinski definition) is 2. The molecular weight excluding hydrogens is 298 g/mol. The molecule has 2 fully saturated rings. The van der Waals surface area contributed by atoms with Crippen LogP contribution in [0.3, 0.4) is 0 Å². The van der Waals surface area contributed by atoms with Gasteiger partial charge in [0.25, 0.3) is 0 Å². The van der Waals surface area contributed by atoms with E-state index in [-0.39, 0.29) is 5.69 Å². The molecule has 0 aliphatic heterocycles. The van der Waals surface area contributed by atoms with Crippen LogP contribution in [0.25, 0.3) is 10.9 Å². The van der Waals surface area contributed by atoms with E-state index in [1.54, 1.807) is 6.07 Å². The molecule has 2 saturated carbocycles. The van der Waals surface area contributed by atoms with Gasteiger partial charge in [0, 0.05) is 10.9 Å². The number of nitrogens with one attached hydrogen (secondary N) is 1. The van der Waals surface area contributed by atoms with E-state index < -0.39 is 5.97 Å². The molecular formula is C21H27NO2. The number of aromatic carboxylic acids is 1. The van der Waals surface area contributed by atoms with E-state index in [1.165, 1.54) is 63.4 Å². The highest BCUT2D eigenvalue weighted by molar-refractivity contribution is 5.93. The number of carboxylic acid groups (broad SMARTS) is 1. The molecule has 2 aliphatic carbocycles. The second-order valence-corrected chi connectivity index (χ2v) is 7.86. The standard InChI is InChI=1S/C21H27NO2/c23-21(24)20-13-18-12-17(9-10-19(18)22-20)16-8-4-7-15(11-16)14-5-2-1-3-6-14/h9-10,12-16,22H,1-8,11H2,(H,23,24)/t15-,16+/m0/s1. The maximum absolute atomic E-state index is 11.1. The summed E-state index contributed by atoms with van der Waals surface area (Å²) in [5.74, 6) is 1.62. The molecule has 0 amide bonds. The van der Waals surface area contributed by atoms with E-state index in [0.717, 1.165) is 22.7 Å². The van der Waals surface area contributed by atoms with Gasteiger partial charge in [-0.3, -0.25) is 0 Å². The predicted octanol–water partition coefficient (Wildman–Crippen LogP) is 5.72. The average molecular weight is 325 g/mol. The molecule has 3 nitrogen and oxygen atoms in total. The van der Waals surface area contributed by atoms with Crippen LogP contribution in [0.4, 0.5) is 0 Å². The Morgan fingerprint density at radius 1 is 0.958 bits per heavy atom. The van der Waals surface area contributed by atoms with Crippen molar-refractivity contribution in [1.29, 1.82) is 0 Å². The fourth-order valence-electron chi connectivity index (χ4n) is 5.08. The first-order chi connectivity index (χ1) is 11.7. The summed E-state index contributed by atoms with van der Waals surface area (Å²) in [7, 11) is 0. The predicted molar refractivity (Wildman–Crippen MR) is 96.5 cm³/mol. The van der Waals surface area contributed by atoms with Gasteiger partial charge in [-0.15, -0.1) is 0 Å². The maximum atomic E-state index is 11.1. The molecule has 4 rings (SSSR count). The van der Waals surface area contributed by atoms with Gasteiger partial charge in [0.15, 0.2) is 0 Å². The fraction of sp³-hybridized carbons (Fsp3) is 0.571. The van der Waals surface area contributed by atoms with Crippen molar-refractivity contribution in [3.8, 4) is 0 Å². The summed E-state index contributed by atoms with van der Waals surface area (Å²) in [5.41, 5.74) is 2.61. The summed E-state index contributed by atoms with van der Waals surface area (Å²) in [4.78, 5) is 14.1. The van der Waals surface area contributed by atoms with Gasteiger partial charge in [-0.1, -0.05) is 51.0 Å². The quantitative estimate of drug-likeness (QED) is 0.758. The maximum Gasteiger partial charge on any atom is 0.352 e. The molecule has 3 heteroatoms. The summed E-state index contributed by atoms with van der Waals surface area (Å²) >= 11 is 0. The van der Waals surface area contributed by atoms with Gasteiger partial charge in [-0.2, -0.15) is 0 Å². The third kappa shape index (κ3) is 3.09. The Kier molecular flexibility index (Phi) is 4.34. The molecule has 0 radical (unpaired) electrons. The second-order valence-electron chi connectivity index (χ2n) is 7.86. The Morgan fingerprint density at radius 3 is 2.54 bits per heavy atom. The first kappa shape index (κ1) is 15.7. The summed E-state index contributed by atoms with van der Waals surface area (Å²) in [5, 5.41) is 10.2. The van der Waals surface area contributed by atoms with Gasteiger partial charge in [0.2, 0.25) is 0 Å². The number of aromatic nitrogens is 1. The molecule has 2 aliphatic rings. The minimum absolute atomic E-state index is 0.283. The molecule has 1 aromatic heterocycles. The summed E-state index contributed by atoms with van der Waals surface area (Å²) in [6, 6.07) is 8.24. The number of hydrogen-bond acceptors (Lipinski definition) is 1. The van der Waals surface area contributed by atoms with E-state index in [4.69, 9.17) is 5.11 Å². The average Bonchev–Trinajstić information content (AvgIpc) is 3.06. The topological polar surface area (TPSA) is 53.1 Å². The first-order valence-electron chi connectivity index (χ1n) is 9.56. The van der Waals surface area contributed by atoms with E-state index in [1.807, 2.05) is 0 Å². The van der Waals surface area contributed by atoms with Gasteiger partial charge in [0.05, 0.1) is 0 Å². The Hall–Kier alpha value is -1.77. The Morgan fingerprint density at radius 2 is 1.75 bits per heavy atom. The monoisotopic (exact) mass is 325 g/mol. The van der Waals surface area contributed by atoms with E-state index in [0.29, 0.717) is 5.92 Å². The summed E-state index contributed by atoms with van der Waals surface area (Å²) in [6.07, 6.45) is 12.5. The van der Waals surface area contributed by atoms with Crippen molar-refractivity contribution in [3.63, 3.8) is 0 Å². The highest BCUT2D eigenvalue weighted by atomic mass is 16.4. The lowest BCUT2D eigenvalue weighted by Crippen LogP contribution is -2.23. The van der Waals surface area contributed by atoms with Gasteiger partial charge < -0.3 is 10.1 Å². The van der Waals surface area contributed by atoms with Crippen molar-refractivity contribution in [2.45, 2.75) is 63.7 Å². The van der Waals surface area contributed by atoms with Gasteiger partial charge >= 0.3 is 5.97 Å². The molecule has 1 heterocycles. The molecule has 0 unspecified atom stereocenters. The zero-order chi connectivity index (χ0) is 16.5. The molecule has 24 heavy (non-hydrogen) atoms. The molecule has 2 aromatic rings. The number of H-pyrrole nitrogens is 1. The lowest BCUT2D eigenvalue weighted by Gasteiger charge is -2.36. The van der Waals surface area contributed by atoms with Crippen LogP contribution in [0.2, 0.25) is 0 Å². The van der Waals surface area contributed by atoms with Crippen molar-refractivity contribution < 1.29 is 9.90 Å². The van der Waals surface area contributed by atoms with Crippen LogP contribution in [-0.4, -0.2) is 16.1 Å². The van der Waals surface area contributed by atoms with Crippen LogP contribution < -0.4 is 0 Å². The molecule has 0 bridgehead atoms. The van der Waals surface area contributed by atoms with Crippen molar-refractivity contribution in [2.75, 3.05) is 0 Å². The van der Waals surface area contributed by atoms with Crippen LogP contribution in [-0.2, 0) is 0 Å². The number of aromatic amines is 1. The minimum atomic E-state index is -0.886. The van der Waals surface area contributed by atoms with Crippen LogP contribution in [0.1, 0.15) is 79.8 Å². The van der Waals surface area contributed by atoms with Crippen LogP contribution in [0, 0.1) is 11.8 Å². The number of rotatable bonds is 3. The van der Waals surface area contributed by atoms with E-state index in [2.05, 4.69) is 23.2 Å². The van der Waals surface area contributed by atoms with Crippen LogP contribution in [0.15, 0.2) is 24.3 Å². The first-order valence-corrected chi connectivity index (χ1v) is 9.56. The third-order valence-electron chi connectivity index (χ3n) is 6.38. The molecule has 0 saturated heterocycles. The Labute approximate surface area is 143 Å². The number of fused-ring (bicyclic) bond motifs is 1. The number of carbonyl (C=O) groups is 1. The lowest BCUT2D eigenvalue weighted by atomic mass is 9.69. The van der Waals surface area contributed by atoms with Crippen LogP contribution >= 0.6 is 0 Å². The van der Waals surface area contributed by atoms with Gasteiger partial charge in [-0.05, 0) is 54.4 Å². The zero-order valence-electron chi connectivity index (χ0n) is 14.3. The Balaban J connectivity index is 1.53. The zero-order valence-corrected chi connectivity index (χ0v) is 14.3. The molecule has 128 valence electrons. The molecule has 2 N–H and O–H groups in total. The van der Waals surface area contributed by atoms with Crippen molar-refractivity contribution >= 4 is 16.9 Å². The minimum Gasteiger partial charge on any atom is -0.477 e. The van der Waals surface area contributed by atoms with Gasteiger partial charge in [-0.25, -0.2) is 4.79 Å². The number of carboxylic acids is 1. The normalized spacial score (nSPS) is 25.8. The molecule has 0 spiro atoms. The van der Waals surface area contributed by atoms with Crippen molar-refractivity contribution in [3.05, 3.63) is 35.5 Å². The van der Waals surface area contributed by atoms with E-state index >= 15 is 0 Å². The third-order valence-corrected chi connectivity index (χ3v) is 6.38. The lowest BCUT2D eigenvalue weighted by molar-refractivity contribution is 0.0691. The highest BCUT2D eigenvalue weighted by Gasteiger charge is 2.30. The largest absolute Gasteiger partial charge is 0.477 e. The Bertz CT molecular complexity index is 727. The molecule has 1 aromatic carbocycles. The smallest absolute Gasteiger partial charge is 0.352 e. The summed E-state index contributed by atoms with van der Waals surface area (Å²) in [6.45, 7) is 0. The van der Waals surface area contributed by atoms with Gasteiger partial charge in [0.1, 0.15) is 5.69 Å². The fourth-order valence-corrected chi connectivity index (χ4v) is 5.08. The molecule has 2 atom stereocenters. The second kappa shape index (κ2) is 6.62. The SMILES string of the molecule is O=C(O)c1cc2cc([C@@H]3CCC[C@H](C4CCCCC4)C3)ccc2[nH]1. The van der Waals surface area contributed by atoms with Crippen LogP contribution in [0.5, 0.6) is 0 Å². The van der Waals surface area contributed by atoms with Crippen molar-refractivity contribution in [2.24, 2.45) is 11.8 Å². The highest BCUT2D eigenvalue weighted by Crippen LogP contribution is 2.44. The van der Waals surface area contributed by atoms with E-state index in [9.17, 15) is 4.79 Å². The summed E-state index contributed by atoms with van der Waals surface area (Å²) < 4.78 is 0. The van der Waals surface area contributed by atoms with Crippen molar-refractivity contribution in [1.82, 2.24) is 4.98 Å².